The zero-order chi connectivity index (χ0) is 9.90. The van der Waals surface area contributed by atoms with E-state index in [0.717, 1.165) is 6.42 Å². The lowest BCUT2D eigenvalue weighted by atomic mass is 10.2. The maximum atomic E-state index is 10.9. The van der Waals surface area contributed by atoms with Crippen LogP contribution in [-0.2, 0) is 0 Å². The molecule has 1 N–H and O–H groups in total. The molecule has 76 valence electrons. The summed E-state index contributed by atoms with van der Waals surface area (Å²) < 4.78 is 0.0110. The van der Waals surface area contributed by atoms with E-state index < -0.39 is 6.09 Å². The Morgan fingerprint density at radius 2 is 2.23 bits per heavy atom. The Kier molecular flexibility index (Phi) is 3.27. The van der Waals surface area contributed by atoms with Gasteiger partial charge in [0.05, 0.1) is 25.7 Å². The number of carboxylic acid groups (broad SMARTS) is 1. The van der Waals surface area contributed by atoms with Crippen molar-refractivity contribution in [2.45, 2.75) is 32.3 Å². The highest BCUT2D eigenvalue weighted by molar-refractivity contribution is 5.53. The first-order chi connectivity index (χ1) is 6.10. The fourth-order valence-electron chi connectivity index (χ4n) is 1.91. The Balaban J connectivity index is 2.69. The molecule has 2 unspecified atom stereocenters. The molecule has 1 fully saturated rings. The molecule has 0 aliphatic carbocycles. The highest BCUT2D eigenvalue weighted by Crippen LogP contribution is 2.18. The van der Waals surface area contributed by atoms with Crippen molar-refractivity contribution in [1.29, 1.82) is 0 Å². The summed E-state index contributed by atoms with van der Waals surface area (Å²) in [6, 6.07) is 0. The lowest BCUT2D eigenvalue weighted by molar-refractivity contribution is -0.873. The maximum Gasteiger partial charge on any atom is 0.257 e. The van der Waals surface area contributed by atoms with Crippen molar-refractivity contribution in [3.8, 4) is 0 Å². The number of likely N-dealkylation sites (tertiary alicyclic amines) is 1. The van der Waals surface area contributed by atoms with Crippen LogP contribution in [0.25, 0.3) is 0 Å². The van der Waals surface area contributed by atoms with Gasteiger partial charge in [-0.15, -0.1) is 0 Å². The van der Waals surface area contributed by atoms with E-state index in [0.29, 0.717) is 32.5 Å². The summed E-state index contributed by atoms with van der Waals surface area (Å²) in [7, 11) is 0. The molecule has 1 aliphatic heterocycles. The van der Waals surface area contributed by atoms with Crippen LogP contribution in [0, 0.1) is 0 Å². The molecule has 4 nitrogen and oxygen atoms in total. The van der Waals surface area contributed by atoms with Crippen molar-refractivity contribution in [3.63, 3.8) is 0 Å². The van der Waals surface area contributed by atoms with E-state index in [4.69, 9.17) is 0 Å². The highest BCUT2D eigenvalue weighted by Gasteiger charge is 2.31. The molecule has 0 bridgehead atoms. The van der Waals surface area contributed by atoms with E-state index in [1.54, 1.807) is 0 Å². The standard InChI is InChI=1S/C9H17NO3/c1-2-10(9(12)13)6-3-4-8(11)5-7-10/h8,11H,2-7H2,1H3. The molecule has 0 aromatic rings. The van der Waals surface area contributed by atoms with Crippen molar-refractivity contribution < 1.29 is 19.5 Å². The summed E-state index contributed by atoms with van der Waals surface area (Å²) in [6.45, 7) is 3.50. The monoisotopic (exact) mass is 187 g/mol. The molecule has 1 rings (SSSR count). The number of aliphatic hydroxyl groups excluding tert-OH is 1. The summed E-state index contributed by atoms with van der Waals surface area (Å²) in [6.07, 6.45) is 0.723. The van der Waals surface area contributed by atoms with Crippen molar-refractivity contribution in [3.05, 3.63) is 0 Å². The van der Waals surface area contributed by atoms with Gasteiger partial charge < -0.3 is 15.0 Å². The third-order valence-electron chi connectivity index (χ3n) is 3.01. The van der Waals surface area contributed by atoms with Crippen LogP contribution in [-0.4, -0.2) is 41.4 Å². The number of aliphatic hydroxyl groups is 1. The second-order valence-electron chi connectivity index (χ2n) is 3.76. The summed E-state index contributed by atoms with van der Waals surface area (Å²) in [4.78, 5) is 10.9. The van der Waals surface area contributed by atoms with Crippen molar-refractivity contribution in [1.82, 2.24) is 0 Å². The minimum Gasteiger partial charge on any atom is -0.498 e. The predicted molar refractivity (Wildman–Crippen MR) is 45.8 cm³/mol. The van der Waals surface area contributed by atoms with Gasteiger partial charge in [-0.25, -0.2) is 0 Å². The van der Waals surface area contributed by atoms with Gasteiger partial charge in [0.2, 0.25) is 0 Å². The van der Waals surface area contributed by atoms with Crippen LogP contribution < -0.4 is 5.11 Å². The molecule has 0 radical (unpaired) electrons. The van der Waals surface area contributed by atoms with Gasteiger partial charge in [-0.05, 0) is 19.8 Å². The minimum absolute atomic E-state index is 0.0110. The molecule has 1 saturated heterocycles. The average molecular weight is 187 g/mol. The van der Waals surface area contributed by atoms with E-state index in [1.807, 2.05) is 6.92 Å². The van der Waals surface area contributed by atoms with E-state index >= 15 is 0 Å². The summed E-state index contributed by atoms with van der Waals surface area (Å²) >= 11 is 0. The molecule has 13 heavy (non-hydrogen) atoms. The Morgan fingerprint density at radius 3 is 2.77 bits per heavy atom. The second-order valence-corrected chi connectivity index (χ2v) is 3.76. The molecule has 0 aromatic heterocycles. The largest absolute Gasteiger partial charge is 0.498 e. The number of carbonyl (C=O) groups is 1. The SMILES string of the molecule is CC[N+]1(C(=O)[O-])CCCC(O)CC1. The first-order valence-electron chi connectivity index (χ1n) is 4.86. The fraction of sp³-hybridized carbons (Fsp3) is 0.889. The summed E-state index contributed by atoms with van der Waals surface area (Å²) in [5.41, 5.74) is 0. The number of rotatable bonds is 1. The quantitative estimate of drug-likeness (QED) is 0.574. The van der Waals surface area contributed by atoms with Crippen LogP contribution >= 0.6 is 0 Å². The van der Waals surface area contributed by atoms with Crippen molar-refractivity contribution in [2.75, 3.05) is 19.6 Å². The molecule has 2 atom stereocenters. The third-order valence-corrected chi connectivity index (χ3v) is 3.01. The van der Waals surface area contributed by atoms with Crippen LogP contribution in [0.5, 0.6) is 0 Å². The molecule has 0 spiro atoms. The molecule has 4 heteroatoms. The topological polar surface area (TPSA) is 60.4 Å². The van der Waals surface area contributed by atoms with Gasteiger partial charge in [0.15, 0.2) is 0 Å². The van der Waals surface area contributed by atoms with Gasteiger partial charge in [-0.2, -0.15) is 0 Å². The number of nitrogens with zero attached hydrogens (tertiary/aromatic N) is 1. The van der Waals surface area contributed by atoms with Gasteiger partial charge in [0, 0.05) is 6.42 Å². The van der Waals surface area contributed by atoms with Gasteiger partial charge in [0.1, 0.15) is 0 Å². The number of hydrogen-bond donors (Lipinski definition) is 1. The Labute approximate surface area is 78.4 Å². The van der Waals surface area contributed by atoms with Crippen LogP contribution in [0.4, 0.5) is 4.79 Å². The predicted octanol–water partition coefficient (Wildman–Crippen LogP) is -0.289. The van der Waals surface area contributed by atoms with Crippen LogP contribution in [0.15, 0.2) is 0 Å². The first-order valence-corrected chi connectivity index (χ1v) is 4.86. The zero-order valence-corrected chi connectivity index (χ0v) is 8.03. The molecule has 1 aliphatic rings. The van der Waals surface area contributed by atoms with Gasteiger partial charge >= 0.3 is 0 Å². The second kappa shape index (κ2) is 4.07. The fourth-order valence-corrected chi connectivity index (χ4v) is 1.91. The molecule has 1 heterocycles. The van der Waals surface area contributed by atoms with Gasteiger partial charge in [0.25, 0.3) is 6.09 Å². The smallest absolute Gasteiger partial charge is 0.257 e. The van der Waals surface area contributed by atoms with E-state index in [9.17, 15) is 15.0 Å². The lowest BCUT2D eigenvalue weighted by Gasteiger charge is -2.35. The normalized spacial score (nSPS) is 35.4. The Bertz CT molecular complexity index is 195. The Hall–Kier alpha value is -0.610. The molecule has 1 amide bonds. The van der Waals surface area contributed by atoms with Crippen LogP contribution in [0.3, 0.4) is 0 Å². The van der Waals surface area contributed by atoms with Gasteiger partial charge in [-0.3, -0.25) is 4.48 Å². The number of hydrogen-bond acceptors (Lipinski definition) is 3. The van der Waals surface area contributed by atoms with E-state index in [1.165, 1.54) is 0 Å². The number of amides is 1. The molecule has 0 saturated carbocycles. The minimum atomic E-state index is -1.00. The van der Waals surface area contributed by atoms with E-state index in [2.05, 4.69) is 0 Å². The first kappa shape index (κ1) is 10.5. The maximum absolute atomic E-state index is 10.9. The highest BCUT2D eigenvalue weighted by atomic mass is 16.4. The summed E-state index contributed by atoms with van der Waals surface area (Å²) in [5, 5.41) is 20.3. The van der Waals surface area contributed by atoms with Crippen molar-refractivity contribution >= 4 is 6.09 Å². The van der Waals surface area contributed by atoms with Crippen molar-refractivity contribution in [2.24, 2.45) is 0 Å². The zero-order valence-electron chi connectivity index (χ0n) is 8.03. The number of carbonyl (C=O) groups excluding carboxylic acids is 1. The van der Waals surface area contributed by atoms with Crippen LogP contribution in [0.1, 0.15) is 26.2 Å². The Morgan fingerprint density at radius 1 is 1.54 bits per heavy atom. The average Bonchev–Trinajstić information content (AvgIpc) is 2.28. The van der Waals surface area contributed by atoms with E-state index in [-0.39, 0.29) is 10.6 Å². The third kappa shape index (κ3) is 2.19. The van der Waals surface area contributed by atoms with Crippen LogP contribution in [0.2, 0.25) is 0 Å². The van der Waals surface area contributed by atoms with Gasteiger partial charge in [-0.1, -0.05) is 0 Å². The number of quaternary nitrogens is 1. The molecular weight excluding hydrogens is 170 g/mol. The summed E-state index contributed by atoms with van der Waals surface area (Å²) in [5.74, 6) is 0. The molecule has 0 aromatic carbocycles. The molecular formula is C9H17NO3. The lowest BCUT2D eigenvalue weighted by Crippen LogP contribution is -2.59.